The molecule has 1 N–H and O–H groups in total. The van der Waals surface area contributed by atoms with E-state index in [0.717, 1.165) is 53.0 Å². The average molecular weight is 413 g/mol. The van der Waals surface area contributed by atoms with Gasteiger partial charge in [0.15, 0.2) is 0 Å². The Morgan fingerprint density at radius 1 is 1.26 bits per heavy atom. The van der Waals surface area contributed by atoms with Gasteiger partial charge in [0.05, 0.1) is 18.7 Å². The number of ether oxygens (including phenoxy) is 2. The normalized spacial score (nSPS) is 20.2. The van der Waals surface area contributed by atoms with E-state index in [-0.39, 0.29) is 12.0 Å². The number of rotatable bonds is 5. The zero-order valence-electron chi connectivity index (χ0n) is 17.3. The maximum atomic E-state index is 6.19. The third-order valence-corrected chi connectivity index (χ3v) is 5.45. The number of nitrogens with one attached hydrogen (secondary N) is 1. The Kier molecular flexibility index (Phi) is 5.14. The summed E-state index contributed by atoms with van der Waals surface area (Å²) in [5.41, 5.74) is 3.64. The Morgan fingerprint density at radius 3 is 2.97 bits per heavy atom. The van der Waals surface area contributed by atoms with Crippen molar-refractivity contribution in [1.29, 1.82) is 0 Å². The van der Waals surface area contributed by atoms with Gasteiger partial charge >= 0.3 is 0 Å². The van der Waals surface area contributed by atoms with Crippen molar-refractivity contribution in [2.75, 3.05) is 32.1 Å². The fourth-order valence-electron chi connectivity index (χ4n) is 3.85. The third-order valence-electron chi connectivity index (χ3n) is 5.45. The Labute approximate surface area is 181 Å². The summed E-state index contributed by atoms with van der Waals surface area (Å²) < 4.78 is 11.6. The summed E-state index contributed by atoms with van der Waals surface area (Å²) in [5.74, 6) is 4.16. The van der Waals surface area contributed by atoms with Gasteiger partial charge in [0.2, 0.25) is 5.95 Å². The number of nitrogens with zero attached hydrogens (tertiary/aromatic N) is 4. The minimum absolute atomic E-state index is 0.0743. The highest BCUT2D eigenvalue weighted by molar-refractivity contribution is 5.81. The van der Waals surface area contributed by atoms with Gasteiger partial charge < -0.3 is 14.8 Å². The van der Waals surface area contributed by atoms with Crippen molar-refractivity contribution in [3.8, 4) is 18.1 Å². The Hall–Kier alpha value is -3.63. The van der Waals surface area contributed by atoms with E-state index in [0.29, 0.717) is 12.6 Å². The predicted octanol–water partition coefficient (Wildman–Crippen LogP) is 3.54. The number of hydrogen-bond acceptors (Lipinski definition) is 7. The molecule has 0 bridgehead atoms. The lowest BCUT2D eigenvalue weighted by atomic mass is 10.00. The first-order valence-electron chi connectivity index (χ1n) is 10.3. The summed E-state index contributed by atoms with van der Waals surface area (Å²) >= 11 is 0. The maximum absolute atomic E-state index is 6.19. The molecule has 3 heterocycles. The summed E-state index contributed by atoms with van der Waals surface area (Å²) in [6, 6.07) is 11.9. The molecule has 3 aromatic rings. The summed E-state index contributed by atoms with van der Waals surface area (Å²) in [6.45, 7) is 2.19. The van der Waals surface area contributed by atoms with E-state index in [1.165, 1.54) is 0 Å². The molecule has 1 fully saturated rings. The molecule has 0 amide bonds. The van der Waals surface area contributed by atoms with Gasteiger partial charge in [-0.1, -0.05) is 5.92 Å². The zero-order chi connectivity index (χ0) is 21.2. The van der Waals surface area contributed by atoms with Gasteiger partial charge in [-0.15, -0.1) is 6.42 Å². The fraction of sp³-hybridized carbons (Fsp3) is 0.292. The van der Waals surface area contributed by atoms with Crippen LogP contribution in [0.2, 0.25) is 0 Å². The molecule has 2 aromatic carbocycles. The summed E-state index contributed by atoms with van der Waals surface area (Å²) in [4.78, 5) is 9.10. The molecule has 5 rings (SSSR count). The van der Waals surface area contributed by atoms with Gasteiger partial charge in [-0.05, 0) is 35.9 Å². The quantitative estimate of drug-likeness (QED) is 0.645. The van der Waals surface area contributed by atoms with Crippen LogP contribution in [-0.4, -0.2) is 54.1 Å². The standard InChI is InChI=1S/C24H23N5O2/c1-3-16-4-5-23-18(8-16)12-25-24(28-23)27-20-9-17(19-13-26-29(2)14-19)10-22(11-20)31-21-6-7-30-15-21/h1,4-5,8-13,19,21H,6-7,14-15H2,2H3,(H,25,27,28). The summed E-state index contributed by atoms with van der Waals surface area (Å²) in [7, 11) is 1.97. The van der Waals surface area contributed by atoms with Crippen molar-refractivity contribution in [3.63, 3.8) is 0 Å². The zero-order valence-corrected chi connectivity index (χ0v) is 17.3. The molecular formula is C24H23N5O2. The first-order valence-corrected chi connectivity index (χ1v) is 10.3. The van der Waals surface area contributed by atoms with Crippen molar-refractivity contribution >= 4 is 28.8 Å². The van der Waals surface area contributed by atoms with Crippen molar-refractivity contribution in [1.82, 2.24) is 15.0 Å². The molecule has 2 atom stereocenters. The lowest BCUT2D eigenvalue weighted by Crippen LogP contribution is -2.16. The monoisotopic (exact) mass is 413 g/mol. The highest BCUT2D eigenvalue weighted by atomic mass is 16.5. The van der Waals surface area contributed by atoms with Crippen molar-refractivity contribution < 1.29 is 9.47 Å². The number of hydrogen-bond donors (Lipinski definition) is 1. The number of likely N-dealkylation sites (N-methyl/N-ethyl adjacent to an activating group) is 1. The molecule has 2 aliphatic heterocycles. The first-order chi connectivity index (χ1) is 15.2. The van der Waals surface area contributed by atoms with E-state index < -0.39 is 0 Å². The van der Waals surface area contributed by atoms with Gasteiger partial charge in [-0.2, -0.15) is 5.10 Å². The SMILES string of the molecule is C#Cc1ccc2nc(Nc3cc(OC4CCOC4)cc(C4C=NN(C)C4)c3)ncc2c1. The fourth-order valence-corrected chi connectivity index (χ4v) is 3.85. The molecule has 0 spiro atoms. The second kappa shape index (κ2) is 8.25. The van der Waals surface area contributed by atoms with Gasteiger partial charge in [0.1, 0.15) is 11.9 Å². The minimum Gasteiger partial charge on any atom is -0.488 e. The molecule has 1 saturated heterocycles. The summed E-state index contributed by atoms with van der Waals surface area (Å²) in [6.07, 6.45) is 10.2. The lowest BCUT2D eigenvalue weighted by Gasteiger charge is -2.17. The molecule has 1 aromatic heterocycles. The van der Waals surface area contributed by atoms with E-state index in [9.17, 15) is 0 Å². The van der Waals surface area contributed by atoms with E-state index in [4.69, 9.17) is 15.9 Å². The van der Waals surface area contributed by atoms with Crippen LogP contribution in [0.5, 0.6) is 5.75 Å². The molecule has 0 saturated carbocycles. The highest BCUT2D eigenvalue weighted by Crippen LogP contribution is 2.30. The minimum atomic E-state index is 0.0743. The largest absolute Gasteiger partial charge is 0.488 e. The van der Waals surface area contributed by atoms with Gasteiger partial charge in [0.25, 0.3) is 0 Å². The molecule has 7 heteroatoms. The molecule has 0 aliphatic carbocycles. The van der Waals surface area contributed by atoms with Crippen LogP contribution >= 0.6 is 0 Å². The molecule has 2 unspecified atom stereocenters. The van der Waals surface area contributed by atoms with Crippen LogP contribution in [0.3, 0.4) is 0 Å². The van der Waals surface area contributed by atoms with Crippen LogP contribution in [0, 0.1) is 12.3 Å². The Morgan fingerprint density at radius 2 is 2.19 bits per heavy atom. The van der Waals surface area contributed by atoms with Crippen LogP contribution in [0.25, 0.3) is 10.9 Å². The van der Waals surface area contributed by atoms with Gasteiger partial charge in [-0.25, -0.2) is 9.97 Å². The lowest BCUT2D eigenvalue weighted by molar-refractivity contribution is 0.141. The number of fused-ring (bicyclic) bond motifs is 1. The first kappa shape index (κ1) is 19.3. The molecule has 156 valence electrons. The van der Waals surface area contributed by atoms with Crippen molar-refractivity contribution in [2.45, 2.75) is 18.4 Å². The Balaban J connectivity index is 1.44. The number of aromatic nitrogens is 2. The predicted molar refractivity (Wildman–Crippen MR) is 121 cm³/mol. The molecule has 0 radical (unpaired) electrons. The molecule has 2 aliphatic rings. The van der Waals surface area contributed by atoms with E-state index in [1.807, 2.05) is 42.5 Å². The van der Waals surface area contributed by atoms with Gasteiger partial charge in [-0.3, -0.25) is 5.01 Å². The van der Waals surface area contributed by atoms with Crippen LogP contribution in [0.15, 0.2) is 47.7 Å². The van der Waals surface area contributed by atoms with Crippen molar-refractivity contribution in [2.24, 2.45) is 5.10 Å². The van der Waals surface area contributed by atoms with E-state index in [1.54, 1.807) is 6.20 Å². The van der Waals surface area contributed by atoms with E-state index >= 15 is 0 Å². The Bertz CT molecular complexity index is 1180. The molecule has 7 nitrogen and oxygen atoms in total. The van der Waals surface area contributed by atoms with Crippen LogP contribution in [-0.2, 0) is 4.74 Å². The molecule has 31 heavy (non-hydrogen) atoms. The van der Waals surface area contributed by atoms with Crippen LogP contribution in [0.1, 0.15) is 23.5 Å². The number of terminal acetylenes is 1. The average Bonchev–Trinajstić information content (AvgIpc) is 3.45. The topological polar surface area (TPSA) is 71.9 Å². The maximum Gasteiger partial charge on any atom is 0.227 e. The smallest absolute Gasteiger partial charge is 0.227 e. The number of benzene rings is 2. The second-order valence-electron chi connectivity index (χ2n) is 7.84. The molecular weight excluding hydrogens is 390 g/mol. The highest BCUT2D eigenvalue weighted by Gasteiger charge is 2.21. The van der Waals surface area contributed by atoms with Crippen LogP contribution in [0.4, 0.5) is 11.6 Å². The van der Waals surface area contributed by atoms with Crippen LogP contribution < -0.4 is 10.1 Å². The van der Waals surface area contributed by atoms with Gasteiger partial charge in [0, 0.05) is 61.0 Å². The second-order valence-corrected chi connectivity index (χ2v) is 7.84. The third kappa shape index (κ3) is 4.30. The number of hydrazone groups is 1. The summed E-state index contributed by atoms with van der Waals surface area (Å²) in [5, 5.41) is 10.6. The van der Waals surface area contributed by atoms with Crippen molar-refractivity contribution in [3.05, 3.63) is 53.7 Å². The number of anilines is 2. The van der Waals surface area contributed by atoms with E-state index in [2.05, 4.69) is 38.4 Å².